The van der Waals surface area contributed by atoms with Crippen molar-refractivity contribution in [1.82, 2.24) is 24.6 Å². The quantitative estimate of drug-likeness (QED) is 0.663. The Kier molecular flexibility index (Phi) is 7.60. The van der Waals surface area contributed by atoms with E-state index in [9.17, 15) is 4.79 Å². The Morgan fingerprint density at radius 1 is 1.28 bits per heavy atom. The molecule has 0 aliphatic carbocycles. The van der Waals surface area contributed by atoms with Crippen LogP contribution in [0.15, 0.2) is 24.3 Å². The van der Waals surface area contributed by atoms with Gasteiger partial charge in [0, 0.05) is 17.6 Å². The molecule has 29 heavy (non-hydrogen) atoms. The summed E-state index contributed by atoms with van der Waals surface area (Å²) in [4.78, 5) is 14.1. The van der Waals surface area contributed by atoms with Gasteiger partial charge in [-0.15, -0.1) is 0 Å². The van der Waals surface area contributed by atoms with Crippen LogP contribution in [0.1, 0.15) is 34.6 Å². The number of benzene rings is 1. The van der Waals surface area contributed by atoms with Crippen LogP contribution in [0.25, 0.3) is 11.4 Å². The zero-order valence-corrected chi connectivity index (χ0v) is 19.3. The first-order valence-electron chi connectivity index (χ1n) is 9.82. The van der Waals surface area contributed by atoms with Gasteiger partial charge in [-0.05, 0) is 70.2 Å². The Labute approximate surface area is 178 Å². The zero-order chi connectivity index (χ0) is 21.8. The number of aromatic nitrogens is 3. The second kappa shape index (κ2) is 9.54. The molecule has 0 aliphatic rings. The maximum Gasteiger partial charge on any atom is 0.234 e. The second-order valence-electron chi connectivity index (χ2n) is 8.79. The third-order valence-electron chi connectivity index (χ3n) is 4.12. The number of hydrogen-bond donors (Lipinski definition) is 1. The Bertz CT molecular complexity index is 878. The van der Waals surface area contributed by atoms with E-state index in [1.165, 1.54) is 0 Å². The van der Waals surface area contributed by atoms with Crippen LogP contribution in [0, 0.1) is 10.7 Å². The molecule has 7 nitrogen and oxygen atoms in total. The number of nitrogens with zero attached hydrogens (tertiary/aromatic N) is 4. The predicted molar refractivity (Wildman–Crippen MR) is 118 cm³/mol. The molecule has 160 valence electrons. The van der Waals surface area contributed by atoms with Crippen molar-refractivity contribution in [3.8, 4) is 17.1 Å². The van der Waals surface area contributed by atoms with Gasteiger partial charge in [0.05, 0.1) is 20.3 Å². The Morgan fingerprint density at radius 3 is 2.41 bits per heavy atom. The Hall–Kier alpha value is -2.19. The summed E-state index contributed by atoms with van der Waals surface area (Å²) in [6.07, 6.45) is 0. The first-order chi connectivity index (χ1) is 13.5. The van der Waals surface area contributed by atoms with Gasteiger partial charge in [0.1, 0.15) is 5.75 Å². The van der Waals surface area contributed by atoms with Crippen molar-refractivity contribution in [2.24, 2.45) is 5.92 Å². The summed E-state index contributed by atoms with van der Waals surface area (Å²) in [6, 6.07) is 7.80. The molecule has 0 saturated heterocycles. The Morgan fingerprint density at radius 2 is 1.90 bits per heavy atom. The summed E-state index contributed by atoms with van der Waals surface area (Å²) < 4.78 is 9.74. The summed E-state index contributed by atoms with van der Waals surface area (Å²) in [5.41, 5.74) is 0.721. The Balaban J connectivity index is 2.27. The minimum atomic E-state index is -0.255. The van der Waals surface area contributed by atoms with Crippen molar-refractivity contribution in [3.05, 3.63) is 29.0 Å². The molecule has 0 saturated carbocycles. The fourth-order valence-corrected chi connectivity index (χ4v) is 3.26. The molecule has 0 fully saturated rings. The molecule has 0 bridgehead atoms. The van der Waals surface area contributed by atoms with Crippen molar-refractivity contribution in [2.45, 2.75) is 53.4 Å². The van der Waals surface area contributed by atoms with Gasteiger partial charge in [0.15, 0.2) is 10.6 Å². The maximum atomic E-state index is 12.2. The highest BCUT2D eigenvalue weighted by atomic mass is 32.1. The number of amides is 1. The molecule has 1 aromatic carbocycles. The van der Waals surface area contributed by atoms with Crippen molar-refractivity contribution in [3.63, 3.8) is 0 Å². The highest BCUT2D eigenvalue weighted by molar-refractivity contribution is 7.71. The lowest BCUT2D eigenvalue weighted by Crippen LogP contribution is -2.45. The highest BCUT2D eigenvalue weighted by Crippen LogP contribution is 2.22. The van der Waals surface area contributed by atoms with Gasteiger partial charge in [-0.3, -0.25) is 14.3 Å². The van der Waals surface area contributed by atoms with Gasteiger partial charge in [0.25, 0.3) is 0 Å². The van der Waals surface area contributed by atoms with Gasteiger partial charge in [-0.25, -0.2) is 4.68 Å². The zero-order valence-electron chi connectivity index (χ0n) is 18.5. The minimum absolute atomic E-state index is 0.0245. The van der Waals surface area contributed by atoms with E-state index in [4.69, 9.17) is 22.1 Å². The molecule has 1 aromatic heterocycles. The number of methoxy groups -OCH3 is 1. The summed E-state index contributed by atoms with van der Waals surface area (Å²) in [5.74, 6) is 2.01. The normalized spacial score (nSPS) is 11.9. The van der Waals surface area contributed by atoms with Crippen molar-refractivity contribution < 1.29 is 9.53 Å². The number of carbonyl (C=O) groups excluding carboxylic acids is 1. The molecule has 8 heteroatoms. The molecule has 0 radical (unpaired) electrons. The third kappa shape index (κ3) is 6.68. The molecule has 0 aliphatic heterocycles. The topological polar surface area (TPSA) is 64.3 Å². The van der Waals surface area contributed by atoms with Crippen LogP contribution in [0.3, 0.4) is 0 Å². The van der Waals surface area contributed by atoms with Gasteiger partial charge in [0.2, 0.25) is 5.91 Å². The van der Waals surface area contributed by atoms with Gasteiger partial charge in [-0.2, -0.15) is 5.10 Å². The lowest BCUT2D eigenvalue weighted by Gasteiger charge is -2.23. The van der Waals surface area contributed by atoms with E-state index in [1.54, 1.807) is 11.8 Å². The molecular formula is C21H33N5O2S. The first kappa shape index (κ1) is 23.1. The van der Waals surface area contributed by atoms with Crippen LogP contribution >= 0.6 is 12.2 Å². The molecule has 1 amide bonds. The van der Waals surface area contributed by atoms with E-state index in [0.717, 1.165) is 23.7 Å². The minimum Gasteiger partial charge on any atom is -0.497 e. The maximum absolute atomic E-state index is 12.2. The second-order valence-corrected chi connectivity index (χ2v) is 9.16. The van der Waals surface area contributed by atoms with Gasteiger partial charge in [-0.1, -0.05) is 13.8 Å². The average molecular weight is 420 g/mol. The fraction of sp³-hybridized carbons (Fsp3) is 0.571. The lowest BCUT2D eigenvalue weighted by molar-refractivity contribution is -0.123. The highest BCUT2D eigenvalue weighted by Gasteiger charge is 2.18. The molecular weight excluding hydrogens is 386 g/mol. The van der Waals surface area contributed by atoms with E-state index in [1.807, 2.05) is 57.0 Å². The number of likely N-dealkylation sites (N-methyl/N-ethyl adjacent to an activating group) is 1. The number of nitrogens with one attached hydrogen (secondary N) is 1. The number of hydrogen-bond acceptors (Lipinski definition) is 5. The van der Waals surface area contributed by atoms with E-state index in [0.29, 0.717) is 17.4 Å². The van der Waals surface area contributed by atoms with Gasteiger partial charge >= 0.3 is 0 Å². The molecule has 0 atom stereocenters. The molecule has 0 spiro atoms. The molecule has 2 aromatic rings. The van der Waals surface area contributed by atoms with Crippen LogP contribution in [0.5, 0.6) is 5.75 Å². The van der Waals surface area contributed by atoms with E-state index < -0.39 is 0 Å². The van der Waals surface area contributed by atoms with Crippen LogP contribution < -0.4 is 10.1 Å². The van der Waals surface area contributed by atoms with Crippen LogP contribution in [0.4, 0.5) is 0 Å². The van der Waals surface area contributed by atoms with Crippen LogP contribution in [0.2, 0.25) is 0 Å². The average Bonchev–Trinajstić information content (AvgIpc) is 2.89. The molecule has 2 rings (SSSR count). The first-order valence-corrected chi connectivity index (χ1v) is 10.2. The van der Waals surface area contributed by atoms with E-state index in [-0.39, 0.29) is 18.0 Å². The summed E-state index contributed by atoms with van der Waals surface area (Å²) in [5, 5.41) is 7.75. The smallest absolute Gasteiger partial charge is 0.234 e. The van der Waals surface area contributed by atoms with E-state index >= 15 is 0 Å². The number of ether oxygens (including phenoxy) is 1. The summed E-state index contributed by atoms with van der Waals surface area (Å²) in [6.45, 7) is 11.7. The van der Waals surface area contributed by atoms with E-state index in [2.05, 4.69) is 23.7 Å². The number of rotatable bonds is 8. The largest absolute Gasteiger partial charge is 0.497 e. The standard InChI is InChI=1S/C21H33N5O2S/c1-15(2)12-25-19(16-8-10-17(28-7)11-9-16)23-26(20(25)29)14-24(6)13-18(27)22-21(3,4)5/h8-11,15H,12-14H2,1-7H3,(H,22,27). The van der Waals surface area contributed by atoms with Crippen LogP contribution in [-0.2, 0) is 18.0 Å². The monoisotopic (exact) mass is 419 g/mol. The number of carbonyl (C=O) groups is 1. The van der Waals surface area contributed by atoms with Crippen LogP contribution in [-0.4, -0.2) is 51.4 Å². The third-order valence-corrected chi connectivity index (χ3v) is 4.55. The summed E-state index contributed by atoms with van der Waals surface area (Å²) in [7, 11) is 3.54. The van der Waals surface area contributed by atoms with Crippen molar-refractivity contribution in [2.75, 3.05) is 20.7 Å². The van der Waals surface area contributed by atoms with Crippen molar-refractivity contribution >= 4 is 18.1 Å². The molecule has 1 heterocycles. The molecule has 0 unspecified atom stereocenters. The SMILES string of the molecule is COc1ccc(-c2nn(CN(C)CC(=O)NC(C)(C)C)c(=S)n2CC(C)C)cc1. The molecule has 1 N–H and O–H groups in total. The fourth-order valence-electron chi connectivity index (χ4n) is 3.00. The van der Waals surface area contributed by atoms with Gasteiger partial charge < -0.3 is 10.1 Å². The lowest BCUT2D eigenvalue weighted by atomic mass is 10.1. The van der Waals surface area contributed by atoms with Crippen molar-refractivity contribution in [1.29, 1.82) is 0 Å². The summed E-state index contributed by atoms with van der Waals surface area (Å²) >= 11 is 5.71. The predicted octanol–water partition coefficient (Wildman–Crippen LogP) is 3.55.